The van der Waals surface area contributed by atoms with Gasteiger partial charge in [-0.2, -0.15) is 0 Å². The van der Waals surface area contributed by atoms with Crippen molar-refractivity contribution < 1.29 is 0 Å². The number of nitrogens with zero attached hydrogens (tertiary/aromatic N) is 1. The summed E-state index contributed by atoms with van der Waals surface area (Å²) < 4.78 is 1.20. The van der Waals surface area contributed by atoms with Gasteiger partial charge in [0.25, 0.3) is 0 Å². The largest absolute Gasteiger partial charge is 0.309 e. The van der Waals surface area contributed by atoms with Crippen molar-refractivity contribution in [2.75, 3.05) is 20.6 Å². The molecule has 1 atom stereocenters. The summed E-state index contributed by atoms with van der Waals surface area (Å²) >= 11 is 3.65. The van der Waals surface area contributed by atoms with Crippen LogP contribution < -0.4 is 0 Å². The summed E-state index contributed by atoms with van der Waals surface area (Å²) in [4.78, 5) is 2.27. The molecule has 0 N–H and O–H groups in total. The molecule has 118 valence electrons. The normalized spacial score (nSPS) is 12.6. The average molecular weight is 360 g/mol. The fourth-order valence-electron chi connectivity index (χ4n) is 2.85. The number of hydrogen-bond acceptors (Lipinski definition) is 1. The van der Waals surface area contributed by atoms with Gasteiger partial charge in [0.05, 0.1) is 0 Å². The van der Waals surface area contributed by atoms with Crippen LogP contribution in [-0.2, 0) is 12.8 Å². The Kier molecular flexibility index (Phi) is 6.66. The molecule has 2 aromatic carbocycles. The van der Waals surface area contributed by atoms with Crippen molar-refractivity contribution >= 4 is 15.9 Å². The van der Waals surface area contributed by atoms with Gasteiger partial charge in [-0.3, -0.25) is 0 Å². The van der Waals surface area contributed by atoms with Crippen LogP contribution in [0.3, 0.4) is 0 Å². The number of halogens is 1. The molecule has 0 aliphatic carbocycles. The predicted molar refractivity (Wildman–Crippen MR) is 99.6 cm³/mol. The summed E-state index contributed by atoms with van der Waals surface area (Å²) in [7, 11) is 4.30. The highest BCUT2D eigenvalue weighted by Gasteiger charge is 2.13. The summed E-state index contributed by atoms with van der Waals surface area (Å²) in [6.45, 7) is 3.33. The third-order valence-electron chi connectivity index (χ3n) is 4.10. The second-order valence-electron chi connectivity index (χ2n) is 6.22. The lowest BCUT2D eigenvalue weighted by Crippen LogP contribution is -2.17. The monoisotopic (exact) mass is 359 g/mol. The molecule has 0 aliphatic heterocycles. The average Bonchev–Trinajstić information content (AvgIpc) is 2.51. The van der Waals surface area contributed by atoms with Crippen molar-refractivity contribution in [3.05, 3.63) is 69.7 Å². The Morgan fingerprint density at radius 3 is 2.32 bits per heavy atom. The minimum Gasteiger partial charge on any atom is -0.309 e. The first-order valence-corrected chi connectivity index (χ1v) is 8.85. The Morgan fingerprint density at radius 1 is 1.00 bits per heavy atom. The summed E-state index contributed by atoms with van der Waals surface area (Å²) in [5, 5.41) is 0. The zero-order chi connectivity index (χ0) is 15.9. The lowest BCUT2D eigenvalue weighted by molar-refractivity contribution is 0.380. The van der Waals surface area contributed by atoms with E-state index >= 15 is 0 Å². The lowest BCUT2D eigenvalue weighted by atomic mass is 9.88. The van der Waals surface area contributed by atoms with Crippen LogP contribution in [0.5, 0.6) is 0 Å². The molecule has 0 heterocycles. The molecule has 0 radical (unpaired) electrons. The maximum Gasteiger partial charge on any atom is 0.0180 e. The third-order valence-corrected chi connectivity index (χ3v) is 4.56. The smallest absolute Gasteiger partial charge is 0.0180 e. The zero-order valence-electron chi connectivity index (χ0n) is 13.8. The van der Waals surface area contributed by atoms with Gasteiger partial charge in [-0.25, -0.2) is 0 Å². The summed E-state index contributed by atoms with van der Waals surface area (Å²) in [5.41, 5.74) is 4.28. The van der Waals surface area contributed by atoms with Gasteiger partial charge in [-0.15, -0.1) is 0 Å². The van der Waals surface area contributed by atoms with E-state index in [4.69, 9.17) is 0 Å². The van der Waals surface area contributed by atoms with Crippen LogP contribution in [0, 0.1) is 0 Å². The minimum absolute atomic E-state index is 0.572. The summed E-state index contributed by atoms with van der Waals surface area (Å²) in [5.74, 6) is 0.572. The summed E-state index contributed by atoms with van der Waals surface area (Å²) in [6, 6.07) is 17.8. The maximum absolute atomic E-state index is 3.65. The number of aryl methyl sites for hydroxylation is 1. The van der Waals surface area contributed by atoms with E-state index in [2.05, 4.69) is 90.4 Å². The van der Waals surface area contributed by atoms with Crippen molar-refractivity contribution in [1.29, 1.82) is 0 Å². The Bertz CT molecular complexity index is 578. The van der Waals surface area contributed by atoms with Crippen LogP contribution in [0.25, 0.3) is 0 Å². The van der Waals surface area contributed by atoms with Gasteiger partial charge in [0, 0.05) is 4.47 Å². The van der Waals surface area contributed by atoms with E-state index in [0.29, 0.717) is 5.92 Å². The molecule has 1 unspecified atom stereocenters. The highest BCUT2D eigenvalue weighted by Crippen LogP contribution is 2.27. The van der Waals surface area contributed by atoms with Gasteiger partial charge in [0.2, 0.25) is 0 Å². The van der Waals surface area contributed by atoms with E-state index in [0.717, 1.165) is 19.4 Å². The van der Waals surface area contributed by atoms with Crippen molar-refractivity contribution in [2.24, 2.45) is 0 Å². The molecule has 0 amide bonds. The third kappa shape index (κ3) is 5.26. The number of hydrogen-bond donors (Lipinski definition) is 0. The quantitative estimate of drug-likeness (QED) is 0.649. The van der Waals surface area contributed by atoms with Crippen LogP contribution in [0.2, 0.25) is 0 Å². The summed E-state index contributed by atoms with van der Waals surface area (Å²) in [6.07, 6.45) is 3.37. The lowest BCUT2D eigenvalue weighted by Gasteiger charge is -2.20. The Hall–Kier alpha value is -1.12. The second kappa shape index (κ2) is 8.50. The molecule has 22 heavy (non-hydrogen) atoms. The maximum atomic E-state index is 3.65. The molecule has 0 fully saturated rings. The first-order valence-electron chi connectivity index (χ1n) is 8.06. The molecule has 0 saturated carbocycles. The molecule has 0 aliphatic rings. The van der Waals surface area contributed by atoms with Gasteiger partial charge in [-0.05, 0) is 74.6 Å². The standard InChI is InChI=1S/C20H26BrN/c1-4-16-12-17(15-20(21)14-16)13-19(10-11-22(2)3)18-8-6-5-7-9-18/h5-9,12,14-15,19H,4,10-11,13H2,1-3H3. The molecule has 2 rings (SSSR count). The first kappa shape index (κ1) is 17.2. The molecule has 0 bridgehead atoms. The van der Waals surface area contributed by atoms with E-state index in [1.54, 1.807) is 0 Å². The van der Waals surface area contributed by atoms with Crippen molar-refractivity contribution in [3.8, 4) is 0 Å². The van der Waals surface area contributed by atoms with E-state index in [9.17, 15) is 0 Å². The Balaban J connectivity index is 2.20. The second-order valence-corrected chi connectivity index (χ2v) is 7.14. The van der Waals surface area contributed by atoms with E-state index in [1.807, 2.05) is 0 Å². The molecular weight excluding hydrogens is 334 g/mol. The predicted octanol–water partition coefficient (Wildman–Crippen LogP) is 5.29. The highest BCUT2D eigenvalue weighted by atomic mass is 79.9. The van der Waals surface area contributed by atoms with Crippen molar-refractivity contribution in [2.45, 2.75) is 32.1 Å². The molecule has 2 aromatic rings. The molecule has 0 saturated heterocycles. The number of benzene rings is 2. The van der Waals surface area contributed by atoms with Crippen LogP contribution in [0.1, 0.15) is 36.0 Å². The van der Waals surface area contributed by atoms with Crippen molar-refractivity contribution in [1.82, 2.24) is 4.90 Å². The fourth-order valence-corrected chi connectivity index (χ4v) is 3.44. The molecule has 2 heteroatoms. The van der Waals surface area contributed by atoms with Crippen LogP contribution in [0.4, 0.5) is 0 Å². The highest BCUT2D eigenvalue weighted by molar-refractivity contribution is 9.10. The van der Waals surface area contributed by atoms with Crippen molar-refractivity contribution in [3.63, 3.8) is 0 Å². The van der Waals surface area contributed by atoms with Crippen LogP contribution in [-0.4, -0.2) is 25.5 Å². The molecule has 0 spiro atoms. The Labute approximate surface area is 143 Å². The Morgan fingerprint density at radius 2 is 1.68 bits per heavy atom. The number of rotatable bonds is 7. The fraction of sp³-hybridized carbons (Fsp3) is 0.400. The van der Waals surface area contributed by atoms with Crippen LogP contribution in [0.15, 0.2) is 53.0 Å². The topological polar surface area (TPSA) is 3.24 Å². The van der Waals surface area contributed by atoms with E-state index in [1.165, 1.54) is 27.6 Å². The molecule has 0 aromatic heterocycles. The van der Waals surface area contributed by atoms with Gasteiger partial charge in [0.15, 0.2) is 0 Å². The molecule has 1 nitrogen and oxygen atoms in total. The first-order chi connectivity index (χ1) is 10.6. The van der Waals surface area contributed by atoms with Gasteiger partial charge in [-0.1, -0.05) is 59.3 Å². The van der Waals surface area contributed by atoms with Gasteiger partial charge in [0.1, 0.15) is 0 Å². The zero-order valence-corrected chi connectivity index (χ0v) is 15.4. The SMILES string of the molecule is CCc1cc(Br)cc(CC(CCN(C)C)c2ccccc2)c1. The van der Waals surface area contributed by atoms with Gasteiger partial charge < -0.3 is 4.90 Å². The van der Waals surface area contributed by atoms with E-state index < -0.39 is 0 Å². The van der Waals surface area contributed by atoms with Gasteiger partial charge >= 0.3 is 0 Å². The molecular formula is C20H26BrN. The van der Waals surface area contributed by atoms with Crippen LogP contribution >= 0.6 is 15.9 Å². The minimum atomic E-state index is 0.572. The van der Waals surface area contributed by atoms with E-state index in [-0.39, 0.29) is 0 Å².